The van der Waals surface area contributed by atoms with Crippen LogP contribution < -0.4 is 0 Å². The van der Waals surface area contributed by atoms with Crippen molar-refractivity contribution in [2.45, 2.75) is 143 Å². The maximum atomic E-state index is 13.3. The molecule has 39 heavy (non-hydrogen) atoms. The molecule has 0 aromatic rings. The molecule has 1 atom stereocenters. The molecular formula is C30H56O9. The van der Waals surface area contributed by atoms with Crippen molar-refractivity contribution < 1.29 is 42.8 Å². The van der Waals surface area contributed by atoms with Gasteiger partial charge in [0.05, 0.1) is 43.2 Å². The summed E-state index contributed by atoms with van der Waals surface area (Å²) in [5, 5.41) is 0. The molecule has 0 fully saturated rings. The van der Waals surface area contributed by atoms with Gasteiger partial charge in [0.15, 0.2) is 0 Å². The van der Waals surface area contributed by atoms with Crippen LogP contribution in [0.5, 0.6) is 0 Å². The number of rotatable bonds is 17. The summed E-state index contributed by atoms with van der Waals surface area (Å²) in [6.45, 7) is 23.6. The number of carbonyl (C=O) groups is 3. The molecule has 0 heterocycles. The molecule has 0 aromatic heterocycles. The molecule has 0 N–H and O–H groups in total. The molecular weight excluding hydrogens is 504 g/mol. The minimum Gasteiger partial charge on any atom is -0.460 e. The van der Waals surface area contributed by atoms with E-state index in [1.807, 2.05) is 41.5 Å². The van der Waals surface area contributed by atoms with Gasteiger partial charge in [0.1, 0.15) is 16.8 Å². The molecule has 0 saturated carbocycles. The van der Waals surface area contributed by atoms with E-state index in [1.54, 1.807) is 48.7 Å². The highest BCUT2D eigenvalue weighted by Gasteiger charge is 2.35. The van der Waals surface area contributed by atoms with Gasteiger partial charge in [0.2, 0.25) is 0 Å². The highest BCUT2D eigenvalue weighted by Crippen LogP contribution is 2.25. The van der Waals surface area contributed by atoms with Crippen LogP contribution in [0.25, 0.3) is 0 Å². The number of ether oxygens (including phenoxy) is 6. The van der Waals surface area contributed by atoms with Crippen LogP contribution in [0.2, 0.25) is 0 Å². The quantitative estimate of drug-likeness (QED) is 0.161. The summed E-state index contributed by atoms with van der Waals surface area (Å²) in [7, 11) is 1.57. The molecule has 0 aliphatic carbocycles. The van der Waals surface area contributed by atoms with Crippen molar-refractivity contribution in [2.75, 3.05) is 26.9 Å². The van der Waals surface area contributed by atoms with Crippen LogP contribution in [0.15, 0.2) is 0 Å². The maximum absolute atomic E-state index is 13.3. The average molecular weight is 561 g/mol. The van der Waals surface area contributed by atoms with Crippen molar-refractivity contribution in [1.82, 2.24) is 0 Å². The molecule has 230 valence electrons. The molecule has 9 nitrogen and oxygen atoms in total. The molecule has 0 aromatic carbocycles. The van der Waals surface area contributed by atoms with Crippen LogP contribution >= 0.6 is 0 Å². The Kier molecular flexibility index (Phi) is 14.7. The predicted octanol–water partition coefficient (Wildman–Crippen LogP) is 5.80. The Balaban J connectivity index is 5.46. The summed E-state index contributed by atoms with van der Waals surface area (Å²) < 4.78 is 33.7. The minimum atomic E-state index is -1.06. The van der Waals surface area contributed by atoms with E-state index >= 15 is 0 Å². The average Bonchev–Trinajstić information content (AvgIpc) is 2.68. The monoisotopic (exact) mass is 560 g/mol. The topological polar surface area (TPSA) is 107 Å². The second-order valence-corrected chi connectivity index (χ2v) is 13.9. The highest BCUT2D eigenvalue weighted by atomic mass is 16.6. The van der Waals surface area contributed by atoms with Crippen molar-refractivity contribution in [3.63, 3.8) is 0 Å². The molecule has 1 unspecified atom stereocenters. The van der Waals surface area contributed by atoms with E-state index in [1.165, 1.54) is 0 Å². The fourth-order valence-electron chi connectivity index (χ4n) is 3.40. The Morgan fingerprint density at radius 1 is 0.538 bits per heavy atom. The fraction of sp³-hybridized carbons (Fsp3) is 0.900. The molecule has 0 spiro atoms. The van der Waals surface area contributed by atoms with E-state index < -0.39 is 40.6 Å². The van der Waals surface area contributed by atoms with Gasteiger partial charge in [-0.1, -0.05) is 0 Å². The molecule has 0 saturated heterocycles. The lowest BCUT2D eigenvalue weighted by atomic mass is 9.99. The zero-order valence-electron chi connectivity index (χ0n) is 26.9. The Hall–Kier alpha value is -1.71. The van der Waals surface area contributed by atoms with E-state index in [-0.39, 0.29) is 24.0 Å². The number of esters is 3. The van der Waals surface area contributed by atoms with Crippen LogP contribution in [-0.2, 0) is 42.8 Å². The number of hydrogen-bond donors (Lipinski definition) is 0. The Morgan fingerprint density at radius 2 is 0.872 bits per heavy atom. The van der Waals surface area contributed by atoms with Gasteiger partial charge in [-0.3, -0.25) is 14.4 Å². The Labute approximate surface area is 236 Å². The van der Waals surface area contributed by atoms with E-state index in [0.717, 1.165) is 0 Å². The number of carbonyl (C=O) groups excluding carboxylic acids is 3. The smallest absolute Gasteiger partial charge is 0.310 e. The van der Waals surface area contributed by atoms with Gasteiger partial charge in [-0.05, 0) is 83.1 Å². The van der Waals surface area contributed by atoms with Crippen LogP contribution in [0, 0.1) is 5.92 Å². The van der Waals surface area contributed by atoms with Gasteiger partial charge in [-0.2, -0.15) is 0 Å². The van der Waals surface area contributed by atoms with Gasteiger partial charge in [0, 0.05) is 33.0 Å². The summed E-state index contributed by atoms with van der Waals surface area (Å²) in [6.07, 6.45) is 0.777. The van der Waals surface area contributed by atoms with Gasteiger partial charge < -0.3 is 28.4 Å². The van der Waals surface area contributed by atoms with Crippen LogP contribution in [0.4, 0.5) is 0 Å². The zero-order valence-corrected chi connectivity index (χ0v) is 26.9. The standard InChI is InChI=1S/C30H56O9/c1-26(2,3)35-18-15-29(9,10)38-24(32)21-22(20-23(31)37-28(7,8)14-17-34-13)25(33)39-30(11,12)16-19-36-27(4,5)6/h22H,14-21H2,1-13H3. The molecule has 0 rings (SSSR count). The largest absolute Gasteiger partial charge is 0.460 e. The predicted molar refractivity (Wildman–Crippen MR) is 150 cm³/mol. The minimum absolute atomic E-state index is 0.308. The van der Waals surface area contributed by atoms with Gasteiger partial charge >= 0.3 is 17.9 Å². The summed E-state index contributed by atoms with van der Waals surface area (Å²) in [6, 6.07) is 0. The fourth-order valence-corrected chi connectivity index (χ4v) is 3.40. The van der Waals surface area contributed by atoms with Crippen molar-refractivity contribution in [2.24, 2.45) is 5.92 Å². The second-order valence-electron chi connectivity index (χ2n) is 13.9. The molecule has 0 aliphatic heterocycles. The van der Waals surface area contributed by atoms with Gasteiger partial charge in [-0.25, -0.2) is 0 Å². The van der Waals surface area contributed by atoms with Crippen LogP contribution in [0.1, 0.15) is 115 Å². The second kappa shape index (κ2) is 15.3. The number of methoxy groups -OCH3 is 1. The maximum Gasteiger partial charge on any atom is 0.310 e. The summed E-state index contributed by atoms with van der Waals surface area (Å²) in [5.74, 6) is -2.92. The Morgan fingerprint density at radius 3 is 1.21 bits per heavy atom. The van der Waals surface area contributed by atoms with Crippen molar-refractivity contribution >= 4 is 17.9 Å². The SMILES string of the molecule is COCCC(C)(C)OC(=O)CC(CC(=O)OC(C)(C)CCOC(C)(C)C)C(=O)OC(C)(C)CCOC(C)(C)C. The van der Waals surface area contributed by atoms with E-state index in [4.69, 9.17) is 28.4 Å². The summed E-state index contributed by atoms with van der Waals surface area (Å²) in [5.41, 5.74) is -3.10. The molecule has 9 heteroatoms. The van der Waals surface area contributed by atoms with Crippen LogP contribution in [-0.4, -0.2) is 72.8 Å². The zero-order chi connectivity index (χ0) is 30.7. The lowest BCUT2D eigenvalue weighted by Crippen LogP contribution is -2.38. The van der Waals surface area contributed by atoms with Crippen molar-refractivity contribution in [3.8, 4) is 0 Å². The first-order valence-electron chi connectivity index (χ1n) is 13.9. The molecule has 0 aliphatic rings. The molecule has 0 radical (unpaired) electrons. The van der Waals surface area contributed by atoms with Crippen LogP contribution in [0.3, 0.4) is 0 Å². The molecule has 0 amide bonds. The van der Waals surface area contributed by atoms with E-state index in [0.29, 0.717) is 39.1 Å². The Bertz CT molecular complexity index is 770. The van der Waals surface area contributed by atoms with E-state index in [2.05, 4.69) is 0 Å². The lowest BCUT2D eigenvalue weighted by Gasteiger charge is -2.31. The summed E-state index contributed by atoms with van der Waals surface area (Å²) in [4.78, 5) is 39.0. The molecule has 0 bridgehead atoms. The normalized spacial score (nSPS) is 14.1. The first-order chi connectivity index (χ1) is 17.5. The third-order valence-corrected chi connectivity index (χ3v) is 5.70. The van der Waals surface area contributed by atoms with E-state index in [9.17, 15) is 14.4 Å². The lowest BCUT2D eigenvalue weighted by molar-refractivity contribution is -0.175. The highest BCUT2D eigenvalue weighted by molar-refractivity contribution is 5.84. The summed E-state index contributed by atoms with van der Waals surface area (Å²) >= 11 is 0. The third-order valence-electron chi connectivity index (χ3n) is 5.70. The first-order valence-corrected chi connectivity index (χ1v) is 13.9. The third kappa shape index (κ3) is 19.9. The van der Waals surface area contributed by atoms with Gasteiger partial charge in [-0.15, -0.1) is 0 Å². The van der Waals surface area contributed by atoms with Crippen molar-refractivity contribution in [1.29, 1.82) is 0 Å². The van der Waals surface area contributed by atoms with Crippen molar-refractivity contribution in [3.05, 3.63) is 0 Å². The van der Waals surface area contributed by atoms with Gasteiger partial charge in [0.25, 0.3) is 0 Å². The number of hydrogen-bond acceptors (Lipinski definition) is 9. The first kappa shape index (κ1) is 37.3.